The van der Waals surface area contributed by atoms with E-state index in [0.29, 0.717) is 57.3 Å². The van der Waals surface area contributed by atoms with Gasteiger partial charge in [-0.05, 0) is 13.0 Å². The summed E-state index contributed by atoms with van der Waals surface area (Å²) in [6.45, 7) is 5.93. The summed E-state index contributed by atoms with van der Waals surface area (Å²) < 4.78 is 8.62. The molecule has 4 heterocycles. The fourth-order valence-electron chi connectivity index (χ4n) is 3.20. The molecule has 2 saturated heterocycles. The van der Waals surface area contributed by atoms with Gasteiger partial charge in [0, 0.05) is 38.9 Å². The van der Waals surface area contributed by atoms with Gasteiger partial charge in [0.05, 0.1) is 25.5 Å². The van der Waals surface area contributed by atoms with Crippen molar-refractivity contribution >= 4 is 11.8 Å². The monoisotopic (exact) mass is 359 g/mol. The van der Waals surface area contributed by atoms with Gasteiger partial charge in [-0.2, -0.15) is 5.10 Å². The Hall–Kier alpha value is -2.75. The predicted molar refractivity (Wildman–Crippen MR) is 89.6 cm³/mol. The lowest BCUT2D eigenvalue weighted by atomic mass is 10.1. The Bertz CT molecular complexity index is 802. The molecule has 0 radical (unpaired) electrons. The van der Waals surface area contributed by atoms with E-state index in [4.69, 9.17) is 4.74 Å². The normalized spacial score (nSPS) is 18.0. The number of likely N-dealkylation sites (tertiary alicyclic amines) is 1. The van der Waals surface area contributed by atoms with E-state index in [0.717, 1.165) is 0 Å². The van der Waals surface area contributed by atoms with Crippen LogP contribution in [0.5, 0.6) is 0 Å². The number of carbonyl (C=O) groups excluding carboxylic acids is 2. The van der Waals surface area contributed by atoms with E-state index in [9.17, 15) is 9.59 Å². The largest absolute Gasteiger partial charge is 0.378 e. The zero-order valence-corrected chi connectivity index (χ0v) is 14.6. The van der Waals surface area contributed by atoms with Gasteiger partial charge in [-0.15, -0.1) is 5.10 Å². The van der Waals surface area contributed by atoms with Gasteiger partial charge in [0.1, 0.15) is 5.69 Å². The molecule has 2 aliphatic heterocycles. The molecule has 10 nitrogen and oxygen atoms in total. The van der Waals surface area contributed by atoms with E-state index >= 15 is 0 Å². The van der Waals surface area contributed by atoms with Gasteiger partial charge in [-0.25, -0.2) is 4.68 Å². The van der Waals surface area contributed by atoms with E-state index in [1.54, 1.807) is 37.6 Å². The van der Waals surface area contributed by atoms with Gasteiger partial charge in [0.2, 0.25) is 0 Å². The highest BCUT2D eigenvalue weighted by Crippen LogP contribution is 2.22. The first-order valence-electron chi connectivity index (χ1n) is 8.77. The molecule has 10 heteroatoms. The highest BCUT2D eigenvalue weighted by Gasteiger charge is 2.35. The Morgan fingerprint density at radius 2 is 1.96 bits per heavy atom. The van der Waals surface area contributed by atoms with E-state index in [2.05, 4.69) is 15.4 Å². The Morgan fingerprint density at radius 3 is 2.69 bits per heavy atom. The van der Waals surface area contributed by atoms with E-state index in [1.165, 1.54) is 0 Å². The Balaban J connectivity index is 1.37. The van der Waals surface area contributed by atoms with Crippen LogP contribution in [-0.2, 0) is 11.3 Å². The van der Waals surface area contributed by atoms with Gasteiger partial charge in [-0.1, -0.05) is 5.21 Å². The molecule has 2 aliphatic rings. The van der Waals surface area contributed by atoms with Crippen LogP contribution in [0, 0.1) is 0 Å². The Labute approximate surface area is 150 Å². The molecule has 0 aliphatic carbocycles. The summed E-state index contributed by atoms with van der Waals surface area (Å²) in [6.07, 6.45) is 3.30. The zero-order valence-electron chi connectivity index (χ0n) is 14.6. The molecule has 0 N–H and O–H groups in total. The van der Waals surface area contributed by atoms with Crippen LogP contribution < -0.4 is 0 Å². The number of morpholine rings is 1. The summed E-state index contributed by atoms with van der Waals surface area (Å²) >= 11 is 0. The van der Waals surface area contributed by atoms with Crippen LogP contribution in [0.1, 0.15) is 33.9 Å². The maximum Gasteiger partial charge on any atom is 0.276 e. The number of hydrogen-bond acceptors (Lipinski definition) is 6. The van der Waals surface area contributed by atoms with Crippen molar-refractivity contribution in [2.24, 2.45) is 0 Å². The van der Waals surface area contributed by atoms with Crippen LogP contribution in [-0.4, -0.2) is 85.8 Å². The van der Waals surface area contributed by atoms with Crippen molar-refractivity contribution in [3.05, 3.63) is 29.8 Å². The number of aromatic nitrogens is 5. The van der Waals surface area contributed by atoms with Crippen molar-refractivity contribution in [1.82, 2.24) is 34.6 Å². The molecule has 2 amide bonds. The van der Waals surface area contributed by atoms with Crippen LogP contribution in [0.3, 0.4) is 0 Å². The topological polar surface area (TPSA) is 98.4 Å². The number of hydrogen-bond donors (Lipinski definition) is 0. The number of ether oxygens (including phenoxy) is 1. The molecular weight excluding hydrogens is 338 g/mol. The molecule has 26 heavy (non-hydrogen) atoms. The highest BCUT2D eigenvalue weighted by molar-refractivity contribution is 5.93. The molecule has 2 fully saturated rings. The first-order valence-corrected chi connectivity index (χ1v) is 8.77. The number of rotatable bonds is 4. The summed E-state index contributed by atoms with van der Waals surface area (Å²) in [5.41, 5.74) is 0.925. The third-order valence-electron chi connectivity index (χ3n) is 4.79. The number of amides is 2. The van der Waals surface area contributed by atoms with Gasteiger partial charge in [0.15, 0.2) is 5.69 Å². The zero-order chi connectivity index (χ0) is 18.1. The van der Waals surface area contributed by atoms with Crippen molar-refractivity contribution in [2.75, 3.05) is 39.4 Å². The van der Waals surface area contributed by atoms with Crippen molar-refractivity contribution in [3.8, 4) is 0 Å². The molecule has 0 aromatic carbocycles. The van der Waals surface area contributed by atoms with Crippen LogP contribution in [0.2, 0.25) is 0 Å². The second-order valence-electron chi connectivity index (χ2n) is 6.38. The quantitative estimate of drug-likeness (QED) is 0.741. The maximum atomic E-state index is 12.5. The second-order valence-corrected chi connectivity index (χ2v) is 6.38. The summed E-state index contributed by atoms with van der Waals surface area (Å²) in [7, 11) is 0. The van der Waals surface area contributed by atoms with Crippen molar-refractivity contribution in [3.63, 3.8) is 0 Å². The molecule has 4 rings (SSSR count). The predicted octanol–water partition coefficient (Wildman–Crippen LogP) is -0.336. The maximum absolute atomic E-state index is 12.5. The molecule has 0 bridgehead atoms. The third-order valence-corrected chi connectivity index (χ3v) is 4.79. The lowest BCUT2D eigenvalue weighted by Gasteiger charge is -2.38. The van der Waals surface area contributed by atoms with Crippen LogP contribution >= 0.6 is 0 Å². The minimum Gasteiger partial charge on any atom is -0.378 e. The van der Waals surface area contributed by atoms with Crippen molar-refractivity contribution in [1.29, 1.82) is 0 Å². The summed E-state index contributed by atoms with van der Waals surface area (Å²) in [6, 6.07) is 1.77. The van der Waals surface area contributed by atoms with Crippen LogP contribution in [0.15, 0.2) is 18.5 Å². The van der Waals surface area contributed by atoms with Crippen LogP contribution in [0.4, 0.5) is 0 Å². The fourth-order valence-corrected chi connectivity index (χ4v) is 3.20. The smallest absolute Gasteiger partial charge is 0.276 e. The Kier molecular flexibility index (Phi) is 4.41. The van der Waals surface area contributed by atoms with Crippen molar-refractivity contribution < 1.29 is 14.3 Å². The number of nitrogens with zero attached hydrogens (tertiary/aromatic N) is 7. The molecular formula is C16H21N7O3. The van der Waals surface area contributed by atoms with Gasteiger partial charge >= 0.3 is 0 Å². The second kappa shape index (κ2) is 6.87. The first-order chi connectivity index (χ1) is 12.7. The van der Waals surface area contributed by atoms with Gasteiger partial charge < -0.3 is 14.5 Å². The Morgan fingerprint density at radius 1 is 1.19 bits per heavy atom. The van der Waals surface area contributed by atoms with E-state index < -0.39 is 0 Å². The summed E-state index contributed by atoms with van der Waals surface area (Å²) in [5, 5.41) is 12.2. The average molecular weight is 359 g/mol. The van der Waals surface area contributed by atoms with Crippen LogP contribution in [0.25, 0.3) is 0 Å². The molecule has 138 valence electrons. The first kappa shape index (κ1) is 16.7. The van der Waals surface area contributed by atoms with Gasteiger partial charge in [-0.3, -0.25) is 14.3 Å². The molecule has 2 aromatic heterocycles. The number of carbonyl (C=O) groups is 2. The number of aryl methyl sites for hydroxylation is 1. The molecule has 0 unspecified atom stereocenters. The lowest BCUT2D eigenvalue weighted by Crippen LogP contribution is -2.51. The fraction of sp³-hybridized carbons (Fsp3) is 0.562. The SMILES string of the molecule is CCn1nccc1C(=O)N1CC(n2cc(C(=O)N3CCOCC3)nn2)C1. The molecule has 0 atom stereocenters. The highest BCUT2D eigenvalue weighted by atomic mass is 16.5. The van der Waals surface area contributed by atoms with E-state index in [1.807, 2.05) is 6.92 Å². The molecule has 0 spiro atoms. The molecule has 0 saturated carbocycles. The summed E-state index contributed by atoms with van der Waals surface area (Å²) in [4.78, 5) is 28.4. The lowest BCUT2D eigenvalue weighted by molar-refractivity contribution is 0.0298. The third kappa shape index (κ3) is 2.96. The van der Waals surface area contributed by atoms with E-state index in [-0.39, 0.29) is 17.9 Å². The summed E-state index contributed by atoms with van der Waals surface area (Å²) in [5.74, 6) is -0.163. The minimum absolute atomic E-state index is 0.0367. The standard InChI is InChI=1S/C16H21N7O3/c1-2-22-14(3-4-17-22)16(25)21-9-12(10-21)23-11-13(18-19-23)15(24)20-5-7-26-8-6-20/h3-4,11-12H,2,5-10H2,1H3. The molecule has 2 aromatic rings. The van der Waals surface area contributed by atoms with Gasteiger partial charge in [0.25, 0.3) is 11.8 Å². The minimum atomic E-state index is -0.126. The average Bonchev–Trinajstić information content (AvgIpc) is 3.30. The van der Waals surface area contributed by atoms with Crippen molar-refractivity contribution in [2.45, 2.75) is 19.5 Å².